The molecule has 0 bridgehead atoms. The summed E-state index contributed by atoms with van der Waals surface area (Å²) in [5, 5.41) is 10.4. The largest absolute Gasteiger partial charge is 0.347 e. The number of H-pyrrole nitrogens is 1. The Morgan fingerprint density at radius 1 is 1.29 bits per heavy atom. The number of carbonyl (C=O) groups excluding carboxylic acids is 1. The van der Waals surface area contributed by atoms with Crippen molar-refractivity contribution in [3.63, 3.8) is 0 Å². The second-order valence-corrected chi connectivity index (χ2v) is 5.57. The van der Waals surface area contributed by atoms with Gasteiger partial charge in [-0.1, -0.05) is 30.3 Å². The number of nitrogens with one attached hydrogen (secondary N) is 2. The lowest BCUT2D eigenvalue weighted by Gasteiger charge is -2.03. The van der Waals surface area contributed by atoms with Crippen molar-refractivity contribution in [1.82, 2.24) is 20.5 Å². The van der Waals surface area contributed by atoms with E-state index < -0.39 is 0 Å². The molecule has 0 unspecified atom stereocenters. The third kappa shape index (κ3) is 3.00. The predicted molar refractivity (Wildman–Crippen MR) is 82.0 cm³/mol. The topological polar surface area (TPSA) is 70.7 Å². The van der Waals surface area contributed by atoms with E-state index >= 15 is 0 Å². The monoisotopic (exact) mass is 298 g/mol. The predicted octanol–water partition coefficient (Wildman–Crippen LogP) is 2.77. The fraction of sp³-hybridized carbons (Fsp3) is 0.133. The molecule has 1 amide bonds. The average molecular weight is 298 g/mol. The van der Waals surface area contributed by atoms with Gasteiger partial charge >= 0.3 is 0 Å². The van der Waals surface area contributed by atoms with Gasteiger partial charge in [-0.25, -0.2) is 4.98 Å². The maximum Gasteiger partial charge on any atom is 0.263 e. The summed E-state index contributed by atoms with van der Waals surface area (Å²) in [6, 6.07) is 11.7. The normalized spacial score (nSPS) is 10.5. The second kappa shape index (κ2) is 5.88. The van der Waals surface area contributed by atoms with Crippen LogP contribution in [0.2, 0.25) is 0 Å². The first-order chi connectivity index (χ1) is 10.2. The highest BCUT2D eigenvalue weighted by Crippen LogP contribution is 2.26. The number of aromatic nitrogens is 3. The Hall–Kier alpha value is -2.47. The van der Waals surface area contributed by atoms with E-state index in [1.165, 1.54) is 11.3 Å². The maximum atomic E-state index is 12.3. The molecule has 2 aromatic heterocycles. The lowest BCUT2D eigenvalue weighted by molar-refractivity contribution is 0.0954. The first kappa shape index (κ1) is 13.5. The molecule has 3 rings (SSSR count). The third-order valence-corrected chi connectivity index (χ3v) is 4.22. The van der Waals surface area contributed by atoms with Crippen LogP contribution in [0.1, 0.15) is 20.9 Å². The van der Waals surface area contributed by atoms with Gasteiger partial charge < -0.3 is 5.32 Å². The summed E-state index contributed by atoms with van der Waals surface area (Å²) in [4.78, 5) is 17.3. The van der Waals surface area contributed by atoms with E-state index in [0.29, 0.717) is 11.4 Å². The fourth-order valence-electron chi connectivity index (χ4n) is 1.96. The molecule has 0 spiro atoms. The molecule has 0 atom stereocenters. The van der Waals surface area contributed by atoms with Gasteiger partial charge in [-0.05, 0) is 18.6 Å². The first-order valence-electron chi connectivity index (χ1n) is 6.53. The molecule has 2 N–H and O–H groups in total. The minimum absolute atomic E-state index is 0.0976. The van der Waals surface area contributed by atoms with Gasteiger partial charge in [-0.15, -0.1) is 11.3 Å². The Morgan fingerprint density at radius 3 is 2.81 bits per heavy atom. The molecule has 21 heavy (non-hydrogen) atoms. The number of amides is 1. The number of nitrogens with zero attached hydrogens (tertiary/aromatic N) is 2. The van der Waals surface area contributed by atoms with E-state index in [0.717, 1.165) is 22.0 Å². The van der Waals surface area contributed by atoms with Crippen LogP contribution >= 0.6 is 11.3 Å². The van der Waals surface area contributed by atoms with Crippen LogP contribution in [0, 0.1) is 6.92 Å². The van der Waals surface area contributed by atoms with Gasteiger partial charge in [0.1, 0.15) is 9.88 Å². The van der Waals surface area contributed by atoms with Gasteiger partial charge in [0.25, 0.3) is 5.91 Å². The van der Waals surface area contributed by atoms with Gasteiger partial charge in [0.2, 0.25) is 0 Å². The number of rotatable bonds is 4. The van der Waals surface area contributed by atoms with Crippen molar-refractivity contribution in [3.8, 4) is 10.7 Å². The Labute approximate surface area is 126 Å². The Morgan fingerprint density at radius 2 is 2.10 bits per heavy atom. The van der Waals surface area contributed by atoms with E-state index in [2.05, 4.69) is 20.5 Å². The van der Waals surface area contributed by atoms with Gasteiger partial charge in [0.05, 0.1) is 11.4 Å². The lowest BCUT2D eigenvalue weighted by Crippen LogP contribution is -2.22. The van der Waals surface area contributed by atoms with Crippen LogP contribution in [0.4, 0.5) is 0 Å². The highest BCUT2D eigenvalue weighted by Gasteiger charge is 2.16. The van der Waals surface area contributed by atoms with Gasteiger partial charge in [-0.2, -0.15) is 5.10 Å². The average Bonchev–Trinajstić information content (AvgIpc) is 3.15. The minimum atomic E-state index is -0.0976. The molecular formula is C15H14N4OS. The summed E-state index contributed by atoms with van der Waals surface area (Å²) in [5.74, 6) is -0.0976. The van der Waals surface area contributed by atoms with Crippen LogP contribution in [0.5, 0.6) is 0 Å². The van der Waals surface area contributed by atoms with Crippen LogP contribution in [0.25, 0.3) is 10.7 Å². The molecule has 106 valence electrons. The number of carbonyl (C=O) groups is 1. The van der Waals surface area contributed by atoms with Crippen LogP contribution in [-0.4, -0.2) is 21.1 Å². The number of benzene rings is 1. The fourth-order valence-corrected chi connectivity index (χ4v) is 2.91. The van der Waals surface area contributed by atoms with Crippen molar-refractivity contribution >= 4 is 17.2 Å². The number of hydrogen-bond donors (Lipinski definition) is 2. The van der Waals surface area contributed by atoms with Crippen LogP contribution < -0.4 is 5.32 Å². The van der Waals surface area contributed by atoms with Crippen molar-refractivity contribution in [2.24, 2.45) is 0 Å². The van der Waals surface area contributed by atoms with Crippen LogP contribution in [0.3, 0.4) is 0 Å². The van der Waals surface area contributed by atoms with Crippen LogP contribution in [0.15, 0.2) is 42.6 Å². The molecule has 1 aromatic carbocycles. The Balaban J connectivity index is 1.73. The molecule has 0 radical (unpaired) electrons. The molecule has 0 aliphatic carbocycles. The first-order valence-corrected chi connectivity index (χ1v) is 7.35. The molecule has 0 saturated carbocycles. The van der Waals surface area contributed by atoms with E-state index in [4.69, 9.17) is 0 Å². The summed E-state index contributed by atoms with van der Waals surface area (Å²) in [7, 11) is 0. The minimum Gasteiger partial charge on any atom is -0.347 e. The summed E-state index contributed by atoms with van der Waals surface area (Å²) in [5.41, 5.74) is 2.63. The zero-order chi connectivity index (χ0) is 14.7. The number of hydrogen-bond acceptors (Lipinski definition) is 4. The molecular weight excluding hydrogens is 284 g/mol. The van der Waals surface area contributed by atoms with Gasteiger partial charge in [0, 0.05) is 12.7 Å². The van der Waals surface area contributed by atoms with Crippen LogP contribution in [-0.2, 0) is 6.54 Å². The summed E-state index contributed by atoms with van der Waals surface area (Å²) in [6.07, 6.45) is 1.67. The van der Waals surface area contributed by atoms with Crippen molar-refractivity contribution < 1.29 is 4.79 Å². The summed E-state index contributed by atoms with van der Waals surface area (Å²) >= 11 is 1.37. The van der Waals surface area contributed by atoms with Gasteiger partial charge in [0.15, 0.2) is 0 Å². The number of thiazole rings is 1. The zero-order valence-corrected chi connectivity index (χ0v) is 12.3. The third-order valence-electron chi connectivity index (χ3n) is 3.03. The highest BCUT2D eigenvalue weighted by atomic mass is 32.1. The molecule has 3 aromatic rings. The molecule has 6 heteroatoms. The number of aryl methyl sites for hydroxylation is 1. The number of aromatic amines is 1. The van der Waals surface area contributed by atoms with Crippen molar-refractivity contribution in [1.29, 1.82) is 0 Å². The van der Waals surface area contributed by atoms with Gasteiger partial charge in [-0.3, -0.25) is 9.89 Å². The van der Waals surface area contributed by atoms with Crippen molar-refractivity contribution in [2.75, 3.05) is 0 Å². The summed E-state index contributed by atoms with van der Waals surface area (Å²) < 4.78 is 0. The second-order valence-electron chi connectivity index (χ2n) is 4.57. The zero-order valence-electron chi connectivity index (χ0n) is 11.5. The Kier molecular flexibility index (Phi) is 3.79. The maximum absolute atomic E-state index is 12.3. The quantitative estimate of drug-likeness (QED) is 0.778. The van der Waals surface area contributed by atoms with Crippen molar-refractivity contribution in [2.45, 2.75) is 13.5 Å². The van der Waals surface area contributed by atoms with Crippen molar-refractivity contribution in [3.05, 3.63) is 58.7 Å². The molecule has 0 saturated heterocycles. The Bertz CT molecular complexity index is 734. The molecule has 5 nitrogen and oxygen atoms in total. The van der Waals surface area contributed by atoms with E-state index in [-0.39, 0.29) is 5.91 Å². The molecule has 0 fully saturated rings. The molecule has 0 aliphatic rings. The van der Waals surface area contributed by atoms with E-state index in [1.54, 1.807) is 6.20 Å². The molecule has 0 aliphatic heterocycles. The lowest BCUT2D eigenvalue weighted by atomic mass is 10.2. The highest BCUT2D eigenvalue weighted by molar-refractivity contribution is 7.17. The van der Waals surface area contributed by atoms with E-state index in [1.807, 2.05) is 43.3 Å². The SMILES string of the molecule is Cc1nc(-c2ccn[nH]2)sc1C(=O)NCc1ccccc1. The molecule has 2 heterocycles. The smallest absolute Gasteiger partial charge is 0.263 e. The summed E-state index contributed by atoms with van der Waals surface area (Å²) in [6.45, 7) is 2.35. The van der Waals surface area contributed by atoms with E-state index in [9.17, 15) is 4.79 Å². The standard InChI is InChI=1S/C15H14N4OS/c1-10-13(21-15(18-10)12-7-8-17-19-12)14(20)16-9-11-5-3-2-4-6-11/h2-8H,9H2,1H3,(H,16,20)(H,17,19).